The summed E-state index contributed by atoms with van der Waals surface area (Å²) in [7, 11) is 0. The number of aromatic nitrogens is 2. The Morgan fingerprint density at radius 2 is 1.72 bits per heavy atom. The Morgan fingerprint density at radius 1 is 0.974 bits per heavy atom. The van der Waals surface area contributed by atoms with Gasteiger partial charge in [0, 0.05) is 63.5 Å². The number of hydrazine groups is 1. The van der Waals surface area contributed by atoms with Gasteiger partial charge in [0.2, 0.25) is 0 Å². The minimum Gasteiger partial charge on any atom is -0.395 e. The molecule has 1 aliphatic carbocycles. The van der Waals surface area contributed by atoms with Crippen LogP contribution in [0.1, 0.15) is 21.5 Å². The predicted octanol–water partition coefficient (Wildman–Crippen LogP) is 1.77. The standard InChI is InChI=1S/C28H33N7O4/c36-15-12-33-8-10-34(11-9-33)18-19-4-6-20(7-5-19)25-24-26(31-30-25)21-2-1-3-22(23(21)27(24)37)29-28(38)32-35-13-16-39-17-14-35/h1-7,36H,8-18H2,(H,30,31)(H2,29,32,38). The van der Waals surface area contributed by atoms with Crippen LogP contribution in [0, 0.1) is 0 Å². The van der Waals surface area contributed by atoms with Crippen LogP contribution >= 0.6 is 0 Å². The number of morpholine rings is 1. The van der Waals surface area contributed by atoms with Crippen molar-refractivity contribution in [3.05, 3.63) is 59.2 Å². The highest BCUT2D eigenvalue weighted by Crippen LogP contribution is 2.42. The van der Waals surface area contributed by atoms with Crippen LogP contribution in [-0.4, -0.2) is 108 Å². The highest BCUT2D eigenvalue weighted by atomic mass is 16.5. The molecule has 1 aromatic heterocycles. The summed E-state index contributed by atoms with van der Waals surface area (Å²) in [6, 6.07) is 13.3. The predicted molar refractivity (Wildman–Crippen MR) is 146 cm³/mol. The van der Waals surface area contributed by atoms with Gasteiger partial charge in [0.05, 0.1) is 42.3 Å². The molecule has 204 valence electrons. The topological polar surface area (TPSA) is 126 Å². The number of aliphatic hydroxyl groups is 1. The van der Waals surface area contributed by atoms with Crippen LogP contribution in [0.2, 0.25) is 0 Å². The molecule has 11 heteroatoms. The van der Waals surface area contributed by atoms with Gasteiger partial charge in [0.15, 0.2) is 5.78 Å². The SMILES string of the molecule is O=C(Nc1cccc2c1C(=O)c1c(-c3ccc(CN4CCN(CCO)CC4)cc3)n[nH]c1-2)NN1CCOCC1. The summed E-state index contributed by atoms with van der Waals surface area (Å²) in [6.45, 7) is 8.02. The maximum atomic E-state index is 13.7. The quantitative estimate of drug-likeness (QED) is 0.284. The van der Waals surface area contributed by atoms with Gasteiger partial charge in [-0.2, -0.15) is 5.10 Å². The highest BCUT2D eigenvalue weighted by Gasteiger charge is 2.35. The van der Waals surface area contributed by atoms with Gasteiger partial charge in [-0.3, -0.25) is 25.1 Å². The molecule has 0 saturated carbocycles. The third-order valence-corrected chi connectivity index (χ3v) is 7.59. The molecule has 2 aromatic carbocycles. The fourth-order valence-electron chi connectivity index (χ4n) is 5.51. The second kappa shape index (κ2) is 11.2. The Labute approximate surface area is 226 Å². The minimum atomic E-state index is -0.391. The molecule has 0 atom stereocenters. The number of aromatic amines is 1. The van der Waals surface area contributed by atoms with Crippen LogP contribution in [-0.2, 0) is 11.3 Å². The van der Waals surface area contributed by atoms with Crippen molar-refractivity contribution in [1.82, 2.24) is 30.4 Å². The number of carbonyl (C=O) groups excluding carboxylic acids is 2. The van der Waals surface area contributed by atoms with Crippen molar-refractivity contribution in [1.29, 1.82) is 0 Å². The number of urea groups is 1. The van der Waals surface area contributed by atoms with E-state index in [2.05, 4.69) is 42.9 Å². The Kier molecular flexibility index (Phi) is 7.40. The van der Waals surface area contributed by atoms with Gasteiger partial charge in [-0.25, -0.2) is 9.80 Å². The molecular formula is C28H33N7O4. The zero-order valence-electron chi connectivity index (χ0n) is 21.8. The van der Waals surface area contributed by atoms with Crippen LogP contribution in [0.25, 0.3) is 22.5 Å². The fourth-order valence-corrected chi connectivity index (χ4v) is 5.51. The number of piperazine rings is 1. The number of nitrogens with zero attached hydrogens (tertiary/aromatic N) is 4. The Balaban J connectivity index is 1.15. The molecule has 3 aromatic rings. The van der Waals surface area contributed by atoms with Crippen molar-refractivity contribution >= 4 is 17.5 Å². The van der Waals surface area contributed by atoms with E-state index in [4.69, 9.17) is 9.84 Å². The summed E-state index contributed by atoms with van der Waals surface area (Å²) in [5, 5.41) is 21.4. The van der Waals surface area contributed by atoms with Gasteiger partial charge in [-0.05, 0) is 11.6 Å². The maximum Gasteiger partial charge on any atom is 0.333 e. The maximum absolute atomic E-state index is 13.7. The lowest BCUT2D eigenvalue weighted by Gasteiger charge is -2.34. The minimum absolute atomic E-state index is 0.157. The van der Waals surface area contributed by atoms with E-state index in [1.807, 2.05) is 24.3 Å². The number of β-amino-alcohol motifs (C(OH)–C–C–N with tert-alkyl or cyclic N) is 1. The second-order valence-electron chi connectivity index (χ2n) is 10.1. The number of hydrogen-bond donors (Lipinski definition) is 4. The van der Waals surface area contributed by atoms with Crippen LogP contribution < -0.4 is 10.7 Å². The van der Waals surface area contributed by atoms with E-state index in [1.54, 1.807) is 11.1 Å². The normalized spacial score (nSPS) is 18.1. The molecule has 0 spiro atoms. The molecule has 11 nitrogen and oxygen atoms in total. The van der Waals surface area contributed by atoms with Gasteiger partial charge in [0.25, 0.3) is 0 Å². The lowest BCUT2D eigenvalue weighted by molar-refractivity contribution is 0.0207. The van der Waals surface area contributed by atoms with Gasteiger partial charge in [-0.15, -0.1) is 0 Å². The average Bonchev–Trinajstić information content (AvgIpc) is 3.51. The number of amides is 2. The molecule has 2 amide bonds. The van der Waals surface area contributed by atoms with E-state index in [-0.39, 0.29) is 12.4 Å². The molecule has 2 saturated heterocycles. The number of ketones is 1. The molecule has 0 unspecified atom stereocenters. The molecule has 39 heavy (non-hydrogen) atoms. The molecule has 2 fully saturated rings. The molecule has 2 aliphatic heterocycles. The number of benzene rings is 2. The largest absolute Gasteiger partial charge is 0.395 e. The van der Waals surface area contributed by atoms with E-state index in [0.717, 1.165) is 50.4 Å². The number of nitrogens with one attached hydrogen (secondary N) is 3. The van der Waals surface area contributed by atoms with E-state index < -0.39 is 6.03 Å². The number of H-pyrrole nitrogens is 1. The number of rotatable bonds is 7. The summed E-state index contributed by atoms with van der Waals surface area (Å²) in [6.07, 6.45) is 0. The molecule has 0 bridgehead atoms. The monoisotopic (exact) mass is 531 g/mol. The third kappa shape index (κ3) is 5.32. The summed E-state index contributed by atoms with van der Waals surface area (Å²) in [5.41, 5.74) is 8.37. The van der Waals surface area contributed by atoms with Gasteiger partial charge in [0.1, 0.15) is 5.69 Å². The van der Waals surface area contributed by atoms with E-state index >= 15 is 0 Å². The smallest absolute Gasteiger partial charge is 0.333 e. The zero-order chi connectivity index (χ0) is 26.8. The summed E-state index contributed by atoms with van der Waals surface area (Å²) >= 11 is 0. The Bertz CT molecular complexity index is 1340. The molecule has 3 aliphatic rings. The lowest BCUT2D eigenvalue weighted by atomic mass is 10.0. The first-order valence-electron chi connectivity index (χ1n) is 13.4. The average molecular weight is 532 g/mol. The Hall–Kier alpha value is -3.61. The number of fused-ring (bicyclic) bond motifs is 3. The van der Waals surface area contributed by atoms with Crippen molar-refractivity contribution in [3.8, 4) is 22.5 Å². The van der Waals surface area contributed by atoms with Crippen molar-refractivity contribution in [2.75, 3.05) is 71.0 Å². The summed E-state index contributed by atoms with van der Waals surface area (Å²) in [5.74, 6) is -0.157. The molecule has 3 heterocycles. The molecule has 6 rings (SSSR count). The van der Waals surface area contributed by atoms with Gasteiger partial charge >= 0.3 is 6.03 Å². The van der Waals surface area contributed by atoms with Crippen molar-refractivity contribution in [2.24, 2.45) is 0 Å². The van der Waals surface area contributed by atoms with Crippen LogP contribution in [0.4, 0.5) is 10.5 Å². The number of aliphatic hydroxyl groups excluding tert-OH is 1. The lowest BCUT2D eigenvalue weighted by Crippen LogP contribution is -2.49. The fraction of sp³-hybridized carbons (Fsp3) is 0.393. The van der Waals surface area contributed by atoms with Crippen molar-refractivity contribution < 1.29 is 19.4 Å². The van der Waals surface area contributed by atoms with Crippen LogP contribution in [0.3, 0.4) is 0 Å². The van der Waals surface area contributed by atoms with Gasteiger partial charge in [-0.1, -0.05) is 36.4 Å². The summed E-state index contributed by atoms with van der Waals surface area (Å²) < 4.78 is 5.32. The number of ether oxygens (including phenoxy) is 1. The zero-order valence-corrected chi connectivity index (χ0v) is 21.8. The van der Waals surface area contributed by atoms with E-state index in [0.29, 0.717) is 54.5 Å². The third-order valence-electron chi connectivity index (χ3n) is 7.59. The van der Waals surface area contributed by atoms with Crippen molar-refractivity contribution in [2.45, 2.75) is 6.54 Å². The number of carbonyl (C=O) groups is 2. The van der Waals surface area contributed by atoms with Crippen LogP contribution in [0.5, 0.6) is 0 Å². The van der Waals surface area contributed by atoms with E-state index in [9.17, 15) is 9.59 Å². The summed E-state index contributed by atoms with van der Waals surface area (Å²) in [4.78, 5) is 31.0. The number of anilines is 1. The molecule has 0 radical (unpaired) electrons. The second-order valence-corrected chi connectivity index (χ2v) is 10.1. The van der Waals surface area contributed by atoms with Crippen LogP contribution in [0.15, 0.2) is 42.5 Å². The first-order chi connectivity index (χ1) is 19.1. The first kappa shape index (κ1) is 25.7. The van der Waals surface area contributed by atoms with Crippen molar-refractivity contribution in [3.63, 3.8) is 0 Å². The molecular weight excluding hydrogens is 498 g/mol. The first-order valence-corrected chi connectivity index (χ1v) is 13.4. The Morgan fingerprint density at radius 3 is 2.46 bits per heavy atom. The number of hydrogen-bond acceptors (Lipinski definition) is 8. The molecule has 4 N–H and O–H groups in total. The van der Waals surface area contributed by atoms with Gasteiger partial charge < -0.3 is 15.2 Å². The highest BCUT2D eigenvalue weighted by molar-refractivity contribution is 6.26. The van der Waals surface area contributed by atoms with E-state index in [1.165, 1.54) is 5.56 Å².